The van der Waals surface area contributed by atoms with Crippen LogP contribution in [0.5, 0.6) is 5.75 Å². The standard InChI is InChI=1S/C21H18BrNO6/c1-11-4-6-14-15(8-11)20(26)23(19(14)25)12(2)21(27)29-10-17(24)13-5-7-18(28-3)16(22)9-13/h4-9,12H,10H2,1-3H3. The number of rotatable bonds is 6. The van der Waals surface area contributed by atoms with Gasteiger partial charge in [0.25, 0.3) is 11.8 Å². The molecular formula is C21H18BrNO6. The van der Waals surface area contributed by atoms with Gasteiger partial charge in [0.1, 0.15) is 11.8 Å². The molecule has 2 amide bonds. The number of carbonyl (C=O) groups excluding carboxylic acids is 4. The number of aryl methyl sites for hydroxylation is 1. The highest BCUT2D eigenvalue weighted by Gasteiger charge is 2.41. The molecule has 0 aromatic heterocycles. The van der Waals surface area contributed by atoms with E-state index in [0.29, 0.717) is 15.8 Å². The Morgan fingerprint density at radius 3 is 2.41 bits per heavy atom. The number of imide groups is 1. The summed E-state index contributed by atoms with van der Waals surface area (Å²) in [7, 11) is 1.51. The van der Waals surface area contributed by atoms with E-state index in [0.717, 1.165) is 10.5 Å². The molecule has 0 spiro atoms. The van der Waals surface area contributed by atoms with Crippen molar-refractivity contribution < 1.29 is 28.7 Å². The van der Waals surface area contributed by atoms with E-state index in [4.69, 9.17) is 9.47 Å². The minimum absolute atomic E-state index is 0.249. The maximum atomic E-state index is 12.6. The number of amides is 2. The summed E-state index contributed by atoms with van der Waals surface area (Å²) in [5.41, 5.74) is 1.67. The first kappa shape index (κ1) is 20.7. The molecule has 1 heterocycles. The van der Waals surface area contributed by atoms with Crippen LogP contribution in [0.4, 0.5) is 0 Å². The third-order valence-electron chi connectivity index (χ3n) is 4.62. The maximum absolute atomic E-state index is 12.6. The van der Waals surface area contributed by atoms with E-state index in [-0.39, 0.29) is 11.1 Å². The molecule has 0 saturated carbocycles. The van der Waals surface area contributed by atoms with Crippen molar-refractivity contribution in [1.82, 2.24) is 4.90 Å². The fourth-order valence-electron chi connectivity index (χ4n) is 3.01. The summed E-state index contributed by atoms with van der Waals surface area (Å²) in [4.78, 5) is 50.7. The predicted octanol–water partition coefficient (Wildman–Crippen LogP) is 3.18. The molecule has 2 aromatic carbocycles. The second kappa shape index (κ2) is 8.16. The van der Waals surface area contributed by atoms with Gasteiger partial charge in [-0.1, -0.05) is 11.6 Å². The van der Waals surface area contributed by atoms with Crippen molar-refractivity contribution in [2.45, 2.75) is 19.9 Å². The van der Waals surface area contributed by atoms with Crippen molar-refractivity contribution in [2.24, 2.45) is 0 Å². The van der Waals surface area contributed by atoms with Crippen molar-refractivity contribution in [3.8, 4) is 5.75 Å². The van der Waals surface area contributed by atoms with Gasteiger partial charge in [0.05, 0.1) is 22.7 Å². The van der Waals surface area contributed by atoms with Crippen LogP contribution in [-0.2, 0) is 9.53 Å². The number of methoxy groups -OCH3 is 1. The van der Waals surface area contributed by atoms with Gasteiger partial charge >= 0.3 is 5.97 Å². The van der Waals surface area contributed by atoms with E-state index in [1.54, 1.807) is 36.4 Å². The zero-order chi connectivity index (χ0) is 21.3. The van der Waals surface area contributed by atoms with Crippen molar-refractivity contribution in [2.75, 3.05) is 13.7 Å². The van der Waals surface area contributed by atoms with Crippen LogP contribution in [0.3, 0.4) is 0 Å². The molecule has 0 fully saturated rings. The van der Waals surface area contributed by atoms with Gasteiger partial charge in [0.2, 0.25) is 0 Å². The third-order valence-corrected chi connectivity index (χ3v) is 5.24. The Morgan fingerprint density at radius 2 is 1.76 bits per heavy atom. The highest BCUT2D eigenvalue weighted by Crippen LogP contribution is 2.27. The van der Waals surface area contributed by atoms with Crippen molar-refractivity contribution in [3.63, 3.8) is 0 Å². The molecule has 0 saturated heterocycles. The Hall–Kier alpha value is -3.00. The molecule has 0 radical (unpaired) electrons. The Labute approximate surface area is 175 Å². The molecule has 0 aliphatic carbocycles. The number of benzene rings is 2. The van der Waals surface area contributed by atoms with Crippen LogP contribution in [0.2, 0.25) is 0 Å². The van der Waals surface area contributed by atoms with E-state index < -0.39 is 36.2 Å². The van der Waals surface area contributed by atoms with Gasteiger partial charge in [-0.2, -0.15) is 0 Å². The maximum Gasteiger partial charge on any atom is 0.329 e. The molecule has 8 heteroatoms. The number of ether oxygens (including phenoxy) is 2. The molecule has 3 rings (SSSR count). The first-order chi connectivity index (χ1) is 13.7. The van der Waals surface area contributed by atoms with Crippen LogP contribution in [0.1, 0.15) is 43.6 Å². The number of esters is 1. The van der Waals surface area contributed by atoms with E-state index in [9.17, 15) is 19.2 Å². The first-order valence-electron chi connectivity index (χ1n) is 8.76. The topological polar surface area (TPSA) is 90.0 Å². The quantitative estimate of drug-likeness (QED) is 0.374. The molecule has 1 atom stereocenters. The molecule has 29 heavy (non-hydrogen) atoms. The second-order valence-corrected chi connectivity index (χ2v) is 7.44. The number of carbonyl (C=O) groups is 4. The SMILES string of the molecule is COc1ccc(C(=O)COC(=O)C(C)N2C(=O)c3ccc(C)cc3C2=O)cc1Br. The first-order valence-corrected chi connectivity index (χ1v) is 9.55. The summed E-state index contributed by atoms with van der Waals surface area (Å²) < 4.78 is 10.8. The summed E-state index contributed by atoms with van der Waals surface area (Å²) in [6, 6.07) is 8.47. The normalized spacial score (nSPS) is 13.9. The van der Waals surface area contributed by atoms with E-state index in [2.05, 4.69) is 15.9 Å². The van der Waals surface area contributed by atoms with Gasteiger partial charge in [0.15, 0.2) is 12.4 Å². The van der Waals surface area contributed by atoms with E-state index in [1.807, 2.05) is 6.92 Å². The van der Waals surface area contributed by atoms with E-state index in [1.165, 1.54) is 14.0 Å². The van der Waals surface area contributed by atoms with Crippen LogP contribution in [0, 0.1) is 6.92 Å². The zero-order valence-corrected chi connectivity index (χ0v) is 17.6. The number of hydrogen-bond donors (Lipinski definition) is 0. The van der Waals surface area contributed by atoms with Crippen LogP contribution in [0.25, 0.3) is 0 Å². The largest absolute Gasteiger partial charge is 0.496 e. The minimum atomic E-state index is -1.15. The second-order valence-electron chi connectivity index (χ2n) is 6.59. The number of hydrogen-bond acceptors (Lipinski definition) is 6. The average molecular weight is 460 g/mol. The fraction of sp³-hybridized carbons (Fsp3) is 0.238. The molecular weight excluding hydrogens is 442 g/mol. The Balaban J connectivity index is 1.67. The van der Waals surface area contributed by atoms with Crippen LogP contribution in [0.15, 0.2) is 40.9 Å². The van der Waals surface area contributed by atoms with E-state index >= 15 is 0 Å². The predicted molar refractivity (Wildman–Crippen MR) is 107 cm³/mol. The number of halogens is 1. The molecule has 2 aromatic rings. The molecule has 1 aliphatic rings. The Kier molecular flexibility index (Phi) is 5.83. The van der Waals surface area contributed by atoms with Gasteiger partial charge in [-0.25, -0.2) is 4.79 Å². The van der Waals surface area contributed by atoms with Gasteiger partial charge in [-0.15, -0.1) is 0 Å². The lowest BCUT2D eigenvalue weighted by atomic mass is 10.1. The lowest BCUT2D eigenvalue weighted by Crippen LogP contribution is -2.44. The van der Waals surface area contributed by atoms with Gasteiger partial charge < -0.3 is 9.47 Å². The average Bonchev–Trinajstić information content (AvgIpc) is 2.94. The smallest absolute Gasteiger partial charge is 0.329 e. The number of nitrogens with zero attached hydrogens (tertiary/aromatic N) is 1. The lowest BCUT2D eigenvalue weighted by Gasteiger charge is -2.20. The number of Topliss-reactive ketones (excluding diaryl/α,β-unsaturated/α-hetero) is 1. The van der Waals surface area contributed by atoms with Gasteiger partial charge in [-0.3, -0.25) is 19.3 Å². The van der Waals surface area contributed by atoms with Crippen molar-refractivity contribution in [3.05, 3.63) is 63.1 Å². The monoisotopic (exact) mass is 459 g/mol. The zero-order valence-electron chi connectivity index (χ0n) is 16.0. The third kappa shape index (κ3) is 3.93. The highest BCUT2D eigenvalue weighted by molar-refractivity contribution is 9.10. The van der Waals surface area contributed by atoms with Gasteiger partial charge in [-0.05, 0) is 60.1 Å². The summed E-state index contributed by atoms with van der Waals surface area (Å²) in [5, 5.41) is 0. The molecule has 7 nitrogen and oxygen atoms in total. The minimum Gasteiger partial charge on any atom is -0.496 e. The molecule has 0 N–H and O–H groups in total. The fourth-order valence-corrected chi connectivity index (χ4v) is 3.55. The Bertz CT molecular complexity index is 1030. The van der Waals surface area contributed by atoms with Gasteiger partial charge in [0, 0.05) is 5.56 Å². The Morgan fingerprint density at radius 1 is 1.07 bits per heavy atom. The molecule has 1 aliphatic heterocycles. The van der Waals surface area contributed by atoms with Crippen molar-refractivity contribution >= 4 is 39.5 Å². The van der Waals surface area contributed by atoms with Crippen LogP contribution in [-0.4, -0.2) is 48.2 Å². The lowest BCUT2D eigenvalue weighted by molar-refractivity contribution is -0.146. The summed E-state index contributed by atoms with van der Waals surface area (Å²) in [6.07, 6.45) is 0. The number of fused-ring (bicyclic) bond motifs is 1. The van der Waals surface area contributed by atoms with Crippen LogP contribution < -0.4 is 4.74 Å². The summed E-state index contributed by atoms with van der Waals surface area (Å²) >= 11 is 3.29. The number of ketones is 1. The molecule has 1 unspecified atom stereocenters. The summed E-state index contributed by atoms with van der Waals surface area (Å²) in [5.74, 6) is -1.81. The molecule has 0 bridgehead atoms. The molecule has 150 valence electrons. The van der Waals surface area contributed by atoms with Crippen molar-refractivity contribution in [1.29, 1.82) is 0 Å². The van der Waals surface area contributed by atoms with Crippen LogP contribution >= 0.6 is 15.9 Å². The highest BCUT2D eigenvalue weighted by atomic mass is 79.9. The summed E-state index contributed by atoms with van der Waals surface area (Å²) in [6.45, 7) is 2.69.